The van der Waals surface area contributed by atoms with Crippen LogP contribution in [-0.2, 0) is 0 Å². The summed E-state index contributed by atoms with van der Waals surface area (Å²) in [5, 5.41) is 0. The molecule has 1 aromatic heterocycles. The Labute approximate surface area is 117 Å². The second-order valence-corrected chi connectivity index (χ2v) is 4.80. The van der Waals surface area contributed by atoms with Gasteiger partial charge in [-0.2, -0.15) is 0 Å². The van der Waals surface area contributed by atoms with Crippen molar-refractivity contribution < 1.29 is 4.74 Å². The maximum atomic E-state index is 5.80. The van der Waals surface area contributed by atoms with E-state index in [0.29, 0.717) is 11.6 Å². The molecule has 1 aromatic carbocycles. The molecule has 98 valence electrons. The monoisotopic (exact) mass is 273 g/mol. The third kappa shape index (κ3) is 2.88. The lowest BCUT2D eigenvalue weighted by Gasteiger charge is -2.12. The molecule has 0 bridgehead atoms. The predicted octanol–water partition coefficient (Wildman–Crippen LogP) is 2.83. The molecule has 0 unspecified atom stereocenters. The predicted molar refractivity (Wildman–Crippen MR) is 78.6 cm³/mol. The molecule has 0 fully saturated rings. The Morgan fingerprint density at radius 3 is 2.37 bits per heavy atom. The average Bonchev–Trinajstić information content (AvgIpc) is 2.40. The summed E-state index contributed by atoms with van der Waals surface area (Å²) in [5.41, 5.74) is 9.29. The molecule has 0 aliphatic carbocycles. The fraction of sp³-hybridized carbons (Fsp3) is 0.214. The van der Waals surface area contributed by atoms with E-state index in [-0.39, 0.29) is 4.99 Å². The van der Waals surface area contributed by atoms with Gasteiger partial charge in [0.25, 0.3) is 0 Å². The van der Waals surface area contributed by atoms with Crippen LogP contribution in [0.25, 0.3) is 0 Å². The molecule has 1 heterocycles. The lowest BCUT2D eigenvalue weighted by molar-refractivity contribution is 0.452. The van der Waals surface area contributed by atoms with Gasteiger partial charge in [-0.1, -0.05) is 24.4 Å². The van der Waals surface area contributed by atoms with Gasteiger partial charge in [-0.05, 0) is 37.5 Å². The fourth-order valence-electron chi connectivity index (χ4n) is 1.68. The number of aryl methyl sites for hydroxylation is 2. The summed E-state index contributed by atoms with van der Waals surface area (Å²) >= 11 is 4.83. The standard InChI is InChI=1S/C14H15N3OS/c1-8-4-5-9(2)13(10(8)3)18-12-7-16-11(6-17-12)14(15)19/h4-7H,1-3H3,(H2,15,19). The van der Waals surface area contributed by atoms with Crippen molar-refractivity contribution in [2.45, 2.75) is 20.8 Å². The molecule has 0 saturated carbocycles. The fourth-order valence-corrected chi connectivity index (χ4v) is 1.79. The summed E-state index contributed by atoms with van der Waals surface area (Å²) in [6, 6.07) is 4.09. The van der Waals surface area contributed by atoms with E-state index in [1.54, 1.807) is 0 Å². The highest BCUT2D eigenvalue weighted by Crippen LogP contribution is 2.29. The Balaban J connectivity index is 2.31. The number of hydrogen-bond acceptors (Lipinski definition) is 4. The molecule has 0 aliphatic rings. The van der Waals surface area contributed by atoms with Gasteiger partial charge in [0.1, 0.15) is 16.4 Å². The van der Waals surface area contributed by atoms with E-state index in [1.165, 1.54) is 18.0 Å². The average molecular weight is 273 g/mol. The van der Waals surface area contributed by atoms with Crippen molar-refractivity contribution in [3.05, 3.63) is 46.9 Å². The zero-order valence-corrected chi connectivity index (χ0v) is 11.9. The van der Waals surface area contributed by atoms with Gasteiger partial charge in [-0.3, -0.25) is 0 Å². The highest BCUT2D eigenvalue weighted by Gasteiger charge is 2.09. The molecule has 0 aliphatic heterocycles. The molecule has 0 spiro atoms. The smallest absolute Gasteiger partial charge is 0.237 e. The quantitative estimate of drug-likeness (QED) is 0.871. The minimum Gasteiger partial charge on any atom is -0.437 e. The first-order valence-corrected chi connectivity index (χ1v) is 6.26. The first-order valence-electron chi connectivity index (χ1n) is 5.85. The minimum atomic E-state index is 0.224. The Morgan fingerprint density at radius 2 is 1.79 bits per heavy atom. The van der Waals surface area contributed by atoms with Crippen LogP contribution in [0.2, 0.25) is 0 Å². The molecule has 0 atom stereocenters. The maximum absolute atomic E-state index is 5.80. The van der Waals surface area contributed by atoms with Crippen LogP contribution in [0.5, 0.6) is 11.6 Å². The van der Waals surface area contributed by atoms with Crippen molar-refractivity contribution in [3.8, 4) is 11.6 Å². The number of thiocarbonyl (C=S) groups is 1. The molecule has 4 nitrogen and oxygen atoms in total. The van der Waals surface area contributed by atoms with E-state index in [0.717, 1.165) is 16.9 Å². The van der Waals surface area contributed by atoms with Crippen molar-refractivity contribution in [2.24, 2.45) is 5.73 Å². The van der Waals surface area contributed by atoms with Crippen LogP contribution in [0.15, 0.2) is 24.5 Å². The van der Waals surface area contributed by atoms with Crippen LogP contribution in [0, 0.1) is 20.8 Å². The van der Waals surface area contributed by atoms with Crippen LogP contribution in [0.1, 0.15) is 22.4 Å². The topological polar surface area (TPSA) is 61.0 Å². The Kier molecular flexibility index (Phi) is 3.76. The van der Waals surface area contributed by atoms with Crippen molar-refractivity contribution in [1.29, 1.82) is 0 Å². The molecule has 5 heteroatoms. The lowest BCUT2D eigenvalue weighted by Crippen LogP contribution is -2.11. The first-order chi connectivity index (χ1) is 8.99. The number of nitrogens with two attached hydrogens (primary N) is 1. The van der Waals surface area contributed by atoms with Gasteiger partial charge in [0.2, 0.25) is 5.88 Å². The third-order valence-corrected chi connectivity index (χ3v) is 3.17. The minimum absolute atomic E-state index is 0.224. The highest BCUT2D eigenvalue weighted by molar-refractivity contribution is 7.80. The van der Waals surface area contributed by atoms with Crippen LogP contribution in [0.3, 0.4) is 0 Å². The second kappa shape index (κ2) is 5.32. The Hall–Kier alpha value is -2.01. The van der Waals surface area contributed by atoms with Gasteiger partial charge in [0.05, 0.1) is 12.4 Å². The molecule has 0 radical (unpaired) electrons. The molecule has 2 rings (SSSR count). The van der Waals surface area contributed by atoms with E-state index in [9.17, 15) is 0 Å². The van der Waals surface area contributed by atoms with Gasteiger partial charge in [0, 0.05) is 0 Å². The number of aromatic nitrogens is 2. The number of hydrogen-bond donors (Lipinski definition) is 1. The number of rotatable bonds is 3. The van der Waals surface area contributed by atoms with Crippen molar-refractivity contribution in [2.75, 3.05) is 0 Å². The van der Waals surface area contributed by atoms with E-state index >= 15 is 0 Å². The third-order valence-electron chi connectivity index (χ3n) is 2.96. The largest absolute Gasteiger partial charge is 0.437 e. The Bertz CT molecular complexity index is 623. The molecule has 0 saturated heterocycles. The van der Waals surface area contributed by atoms with Gasteiger partial charge in [-0.25, -0.2) is 9.97 Å². The van der Waals surface area contributed by atoms with Crippen molar-refractivity contribution in [1.82, 2.24) is 9.97 Å². The maximum Gasteiger partial charge on any atom is 0.237 e. The summed E-state index contributed by atoms with van der Waals surface area (Å²) in [7, 11) is 0. The van der Waals surface area contributed by atoms with E-state index < -0.39 is 0 Å². The molecule has 2 aromatic rings. The first kappa shape index (κ1) is 13.4. The zero-order valence-electron chi connectivity index (χ0n) is 11.1. The zero-order chi connectivity index (χ0) is 14.0. The molecule has 19 heavy (non-hydrogen) atoms. The van der Waals surface area contributed by atoms with Crippen LogP contribution >= 0.6 is 12.2 Å². The van der Waals surface area contributed by atoms with E-state index in [1.807, 2.05) is 26.8 Å². The summed E-state index contributed by atoms with van der Waals surface area (Å²) in [5.74, 6) is 1.24. The van der Waals surface area contributed by atoms with Crippen LogP contribution in [0.4, 0.5) is 0 Å². The summed E-state index contributed by atoms with van der Waals surface area (Å²) in [4.78, 5) is 8.48. The van der Waals surface area contributed by atoms with Crippen molar-refractivity contribution in [3.63, 3.8) is 0 Å². The highest BCUT2D eigenvalue weighted by atomic mass is 32.1. The van der Waals surface area contributed by atoms with Gasteiger partial charge in [-0.15, -0.1) is 0 Å². The van der Waals surface area contributed by atoms with Crippen LogP contribution in [-0.4, -0.2) is 15.0 Å². The molecule has 2 N–H and O–H groups in total. The van der Waals surface area contributed by atoms with E-state index in [2.05, 4.69) is 16.0 Å². The summed E-state index contributed by atoms with van der Waals surface area (Å²) < 4.78 is 5.80. The molecule has 0 amide bonds. The normalized spacial score (nSPS) is 10.3. The van der Waals surface area contributed by atoms with Gasteiger partial charge in [0.15, 0.2) is 0 Å². The van der Waals surface area contributed by atoms with E-state index in [4.69, 9.17) is 22.7 Å². The lowest BCUT2D eigenvalue weighted by atomic mass is 10.1. The van der Waals surface area contributed by atoms with Gasteiger partial charge >= 0.3 is 0 Å². The number of nitrogens with zero attached hydrogens (tertiary/aromatic N) is 2. The number of ether oxygens (including phenoxy) is 1. The van der Waals surface area contributed by atoms with Crippen LogP contribution < -0.4 is 10.5 Å². The molecular weight excluding hydrogens is 258 g/mol. The SMILES string of the molecule is Cc1ccc(C)c(Oc2cnc(C(N)=S)cn2)c1C. The van der Waals surface area contributed by atoms with Gasteiger partial charge < -0.3 is 10.5 Å². The number of benzene rings is 1. The van der Waals surface area contributed by atoms with Crippen molar-refractivity contribution >= 4 is 17.2 Å². The second-order valence-electron chi connectivity index (χ2n) is 4.36. The molecular formula is C14H15N3OS. The summed E-state index contributed by atoms with van der Waals surface area (Å²) in [6.45, 7) is 6.07. The Morgan fingerprint density at radius 1 is 1.11 bits per heavy atom. The summed E-state index contributed by atoms with van der Waals surface area (Å²) in [6.07, 6.45) is 3.04.